The number of amides is 1. The van der Waals surface area contributed by atoms with Gasteiger partial charge in [0.25, 0.3) is 5.56 Å². The van der Waals surface area contributed by atoms with E-state index in [-0.39, 0.29) is 30.7 Å². The molecule has 0 radical (unpaired) electrons. The fourth-order valence-electron chi connectivity index (χ4n) is 2.73. The summed E-state index contributed by atoms with van der Waals surface area (Å²) in [5.74, 6) is 0.0428. The fraction of sp³-hybridized carbons (Fsp3) is 0.471. The van der Waals surface area contributed by atoms with Crippen molar-refractivity contribution >= 4 is 32.6 Å². The minimum Gasteiger partial charge on any atom is -0.394 e. The first-order valence-corrected chi connectivity index (χ1v) is 8.93. The van der Waals surface area contributed by atoms with Gasteiger partial charge < -0.3 is 10.4 Å². The van der Waals surface area contributed by atoms with E-state index in [0.29, 0.717) is 17.7 Å². The van der Waals surface area contributed by atoms with Gasteiger partial charge in [-0.1, -0.05) is 22.9 Å². The number of fused-ring (bicyclic) bond motifs is 1. The van der Waals surface area contributed by atoms with E-state index >= 15 is 0 Å². The molecular weight excluding hydrogens is 374 g/mol. The van der Waals surface area contributed by atoms with E-state index in [1.54, 1.807) is 6.07 Å². The molecule has 0 aliphatic heterocycles. The molecule has 1 fully saturated rings. The molecule has 2 N–H and O–H groups in total. The van der Waals surface area contributed by atoms with Crippen molar-refractivity contribution in [2.75, 3.05) is 6.61 Å². The van der Waals surface area contributed by atoms with E-state index in [1.165, 1.54) is 4.68 Å². The number of carbonyl (C=O) groups is 1. The number of aliphatic hydroxyl groups is 1. The van der Waals surface area contributed by atoms with Gasteiger partial charge in [-0.3, -0.25) is 9.59 Å². The van der Waals surface area contributed by atoms with Crippen molar-refractivity contribution in [3.05, 3.63) is 38.7 Å². The Kier molecular flexibility index (Phi) is 5.01. The van der Waals surface area contributed by atoms with Crippen LogP contribution < -0.4 is 10.9 Å². The Hall–Kier alpha value is -1.73. The molecule has 24 heavy (non-hydrogen) atoms. The largest absolute Gasteiger partial charge is 0.394 e. The molecule has 128 valence electrons. The van der Waals surface area contributed by atoms with Crippen LogP contribution in [0.2, 0.25) is 0 Å². The van der Waals surface area contributed by atoms with E-state index in [9.17, 15) is 14.7 Å². The zero-order chi connectivity index (χ0) is 17.3. The van der Waals surface area contributed by atoms with Gasteiger partial charge in [-0.15, -0.1) is 0 Å². The predicted octanol–water partition coefficient (Wildman–Crippen LogP) is 1.92. The van der Waals surface area contributed by atoms with Gasteiger partial charge >= 0.3 is 0 Å². The van der Waals surface area contributed by atoms with Crippen molar-refractivity contribution in [3.8, 4) is 0 Å². The standard InChI is InChI=1S/C17H20BrN3O3/c1-2-12(9-22)19-15(23)8-21-17(24)13-6-5-11(18)7-14(13)16(20-21)10-3-4-10/h5-7,10,12,22H,2-4,8-9H2,1H3,(H,19,23)/t12-/m0/s1. The van der Waals surface area contributed by atoms with E-state index in [0.717, 1.165) is 28.4 Å². The molecule has 0 spiro atoms. The predicted molar refractivity (Wildman–Crippen MR) is 95.0 cm³/mol. The number of halogens is 1. The molecular formula is C17H20BrN3O3. The summed E-state index contributed by atoms with van der Waals surface area (Å²) < 4.78 is 2.14. The Labute approximate surface area is 148 Å². The van der Waals surface area contributed by atoms with Crippen LogP contribution in [0.15, 0.2) is 27.5 Å². The summed E-state index contributed by atoms with van der Waals surface area (Å²) >= 11 is 3.44. The molecule has 0 bridgehead atoms. The van der Waals surface area contributed by atoms with Crippen LogP contribution in [0.5, 0.6) is 0 Å². The molecule has 1 aromatic heterocycles. The summed E-state index contributed by atoms with van der Waals surface area (Å²) in [4.78, 5) is 24.8. The Morgan fingerprint density at radius 3 is 2.83 bits per heavy atom. The van der Waals surface area contributed by atoms with Crippen molar-refractivity contribution in [3.63, 3.8) is 0 Å². The van der Waals surface area contributed by atoms with Gasteiger partial charge in [-0.05, 0) is 37.5 Å². The van der Waals surface area contributed by atoms with Crippen LogP contribution >= 0.6 is 15.9 Å². The smallest absolute Gasteiger partial charge is 0.275 e. The average molecular weight is 394 g/mol. The van der Waals surface area contributed by atoms with Crippen LogP contribution in [0.1, 0.15) is 37.8 Å². The fourth-order valence-corrected chi connectivity index (χ4v) is 3.10. The third-order valence-corrected chi connectivity index (χ3v) is 4.78. The van der Waals surface area contributed by atoms with Crippen molar-refractivity contribution in [1.29, 1.82) is 0 Å². The van der Waals surface area contributed by atoms with Crippen LogP contribution in [0.3, 0.4) is 0 Å². The number of aromatic nitrogens is 2. The second kappa shape index (κ2) is 7.03. The molecule has 7 heteroatoms. The monoisotopic (exact) mass is 393 g/mol. The molecule has 1 aliphatic rings. The lowest BCUT2D eigenvalue weighted by atomic mass is 10.1. The third kappa shape index (κ3) is 3.52. The number of hydrogen-bond acceptors (Lipinski definition) is 4. The Morgan fingerprint density at radius 2 is 2.21 bits per heavy atom. The molecule has 1 atom stereocenters. The van der Waals surface area contributed by atoms with Crippen LogP contribution in [-0.2, 0) is 11.3 Å². The van der Waals surface area contributed by atoms with Crippen LogP contribution in [-0.4, -0.2) is 33.4 Å². The second-order valence-electron chi connectivity index (χ2n) is 6.17. The maximum atomic E-state index is 12.7. The van der Waals surface area contributed by atoms with E-state index in [4.69, 9.17) is 0 Å². The summed E-state index contributed by atoms with van der Waals surface area (Å²) in [6.45, 7) is 1.62. The molecule has 6 nitrogen and oxygen atoms in total. The highest BCUT2D eigenvalue weighted by atomic mass is 79.9. The molecule has 0 saturated heterocycles. The molecule has 1 aromatic carbocycles. The van der Waals surface area contributed by atoms with Gasteiger partial charge in [0, 0.05) is 15.8 Å². The molecule has 3 rings (SSSR count). The second-order valence-corrected chi connectivity index (χ2v) is 7.08. The van der Waals surface area contributed by atoms with Gasteiger partial charge in [0.1, 0.15) is 6.54 Å². The maximum Gasteiger partial charge on any atom is 0.275 e. The number of aliphatic hydroxyl groups excluding tert-OH is 1. The summed E-state index contributed by atoms with van der Waals surface area (Å²) in [5.41, 5.74) is 0.613. The number of nitrogens with one attached hydrogen (secondary N) is 1. The molecule has 1 saturated carbocycles. The summed E-state index contributed by atoms with van der Waals surface area (Å²) in [6.07, 6.45) is 2.74. The van der Waals surface area contributed by atoms with Crippen molar-refractivity contribution in [1.82, 2.24) is 15.1 Å². The van der Waals surface area contributed by atoms with E-state index in [2.05, 4.69) is 26.3 Å². The Balaban J connectivity index is 1.96. The lowest BCUT2D eigenvalue weighted by Gasteiger charge is -2.15. The molecule has 0 unspecified atom stereocenters. The lowest BCUT2D eigenvalue weighted by Crippen LogP contribution is -2.41. The Morgan fingerprint density at radius 1 is 1.46 bits per heavy atom. The minimum atomic E-state index is -0.316. The van der Waals surface area contributed by atoms with E-state index in [1.807, 2.05) is 19.1 Å². The van der Waals surface area contributed by atoms with Crippen molar-refractivity contribution < 1.29 is 9.90 Å². The van der Waals surface area contributed by atoms with Crippen molar-refractivity contribution in [2.24, 2.45) is 0 Å². The number of carbonyl (C=O) groups excluding carboxylic acids is 1. The van der Waals surface area contributed by atoms with Gasteiger partial charge in [0.2, 0.25) is 5.91 Å². The first-order valence-electron chi connectivity index (χ1n) is 8.14. The summed E-state index contributed by atoms with van der Waals surface area (Å²) in [6, 6.07) is 5.21. The number of rotatable bonds is 6. The van der Waals surface area contributed by atoms with Gasteiger partial charge in [0.15, 0.2) is 0 Å². The quantitative estimate of drug-likeness (QED) is 0.784. The molecule has 1 aliphatic carbocycles. The third-order valence-electron chi connectivity index (χ3n) is 4.29. The highest BCUT2D eigenvalue weighted by Crippen LogP contribution is 2.41. The first kappa shape index (κ1) is 17.1. The molecule has 1 amide bonds. The van der Waals surface area contributed by atoms with E-state index < -0.39 is 0 Å². The molecule has 1 heterocycles. The highest BCUT2D eigenvalue weighted by Gasteiger charge is 2.29. The topological polar surface area (TPSA) is 84.2 Å². The zero-order valence-corrected chi connectivity index (χ0v) is 15.0. The maximum absolute atomic E-state index is 12.7. The lowest BCUT2D eigenvalue weighted by molar-refractivity contribution is -0.123. The average Bonchev–Trinajstić information content (AvgIpc) is 3.40. The minimum absolute atomic E-state index is 0.121. The van der Waals surface area contributed by atoms with Crippen LogP contribution in [0, 0.1) is 0 Å². The van der Waals surface area contributed by atoms with Gasteiger partial charge in [0.05, 0.1) is 23.7 Å². The molecule has 2 aromatic rings. The van der Waals surface area contributed by atoms with Crippen LogP contribution in [0.25, 0.3) is 10.8 Å². The summed E-state index contributed by atoms with van der Waals surface area (Å²) in [7, 11) is 0. The first-order chi connectivity index (χ1) is 11.5. The Bertz CT molecular complexity index is 826. The van der Waals surface area contributed by atoms with Gasteiger partial charge in [-0.2, -0.15) is 5.10 Å². The zero-order valence-electron chi connectivity index (χ0n) is 13.5. The normalized spacial score (nSPS) is 15.5. The van der Waals surface area contributed by atoms with Gasteiger partial charge in [-0.25, -0.2) is 4.68 Å². The van der Waals surface area contributed by atoms with Crippen LogP contribution in [0.4, 0.5) is 0 Å². The summed E-state index contributed by atoms with van der Waals surface area (Å²) in [5, 5.41) is 17.8. The highest BCUT2D eigenvalue weighted by molar-refractivity contribution is 9.10. The SMILES string of the molecule is CC[C@@H](CO)NC(=O)Cn1nc(C2CC2)c2cc(Br)ccc2c1=O. The number of hydrogen-bond donors (Lipinski definition) is 2. The number of nitrogens with zero attached hydrogens (tertiary/aromatic N) is 2. The number of benzene rings is 1. The van der Waals surface area contributed by atoms with Crippen molar-refractivity contribution in [2.45, 2.75) is 44.7 Å².